The molecule has 0 aromatic heterocycles. The normalized spacial score (nSPS) is 16.1. The molecule has 0 radical (unpaired) electrons. The first-order valence-corrected chi connectivity index (χ1v) is 5.48. The molecule has 0 spiro atoms. The molecule has 1 aromatic rings. The van der Waals surface area contributed by atoms with Crippen LogP contribution in [0.1, 0.15) is 27.9 Å². The van der Waals surface area contributed by atoms with Crippen LogP contribution in [0.5, 0.6) is 0 Å². The van der Waals surface area contributed by atoms with Crippen LogP contribution in [0, 0.1) is 19.8 Å². The first-order valence-electron chi connectivity index (χ1n) is 5.48. The summed E-state index contributed by atoms with van der Waals surface area (Å²) in [6.45, 7) is 6.11. The number of nitrogens with one attached hydrogen (secondary N) is 1. The molecule has 0 saturated carbocycles. The maximum atomic E-state index is 11.9. The number of aryl methyl sites for hydroxylation is 2. The largest absolute Gasteiger partial charge is 0.316 e. The zero-order valence-electron chi connectivity index (χ0n) is 9.34. The monoisotopic (exact) mass is 203 g/mol. The predicted octanol–water partition coefficient (Wildman–Crippen LogP) is 2.10. The van der Waals surface area contributed by atoms with Crippen LogP contribution in [0.15, 0.2) is 18.2 Å². The predicted molar refractivity (Wildman–Crippen MR) is 61.2 cm³/mol. The van der Waals surface area contributed by atoms with Crippen molar-refractivity contribution in [1.82, 2.24) is 5.32 Å². The van der Waals surface area contributed by atoms with E-state index in [1.165, 1.54) is 11.1 Å². The van der Waals surface area contributed by atoms with Gasteiger partial charge >= 0.3 is 0 Å². The smallest absolute Gasteiger partial charge is 0.163 e. The molecule has 1 fully saturated rings. The average molecular weight is 203 g/mol. The third-order valence-electron chi connectivity index (χ3n) is 3.17. The number of carbonyl (C=O) groups excluding carboxylic acids is 1. The Morgan fingerprint density at radius 3 is 2.60 bits per heavy atom. The van der Waals surface area contributed by atoms with E-state index in [1.807, 2.05) is 18.2 Å². The van der Waals surface area contributed by atoms with Crippen molar-refractivity contribution in [1.29, 1.82) is 0 Å². The minimum atomic E-state index is 0.282. The topological polar surface area (TPSA) is 29.1 Å². The summed E-state index contributed by atoms with van der Waals surface area (Å²) in [7, 11) is 0. The third kappa shape index (κ3) is 2.26. The van der Waals surface area contributed by atoms with E-state index in [9.17, 15) is 4.79 Å². The van der Waals surface area contributed by atoms with E-state index in [4.69, 9.17) is 0 Å². The van der Waals surface area contributed by atoms with Crippen LogP contribution in [-0.4, -0.2) is 18.9 Å². The highest BCUT2D eigenvalue weighted by Crippen LogP contribution is 2.16. The van der Waals surface area contributed by atoms with Crippen molar-refractivity contribution in [3.63, 3.8) is 0 Å². The summed E-state index contributed by atoms with van der Waals surface area (Å²) in [5.74, 6) is 0.837. The summed E-state index contributed by atoms with van der Waals surface area (Å²) < 4.78 is 0. The number of Topliss-reactive ketones (excluding diaryl/α,β-unsaturated/α-hetero) is 1. The Hall–Kier alpha value is -1.15. The summed E-state index contributed by atoms with van der Waals surface area (Å²) in [5.41, 5.74) is 3.31. The molecule has 0 amide bonds. The van der Waals surface area contributed by atoms with Gasteiger partial charge in [-0.1, -0.05) is 12.1 Å². The Bertz CT molecular complexity index is 380. The van der Waals surface area contributed by atoms with Gasteiger partial charge in [0, 0.05) is 12.0 Å². The van der Waals surface area contributed by atoms with Crippen LogP contribution in [-0.2, 0) is 0 Å². The highest BCUT2D eigenvalue weighted by Gasteiger charge is 2.20. The molecule has 1 N–H and O–H groups in total. The lowest BCUT2D eigenvalue weighted by atomic mass is 9.93. The van der Waals surface area contributed by atoms with Gasteiger partial charge in [0.05, 0.1) is 0 Å². The first-order chi connectivity index (χ1) is 7.16. The van der Waals surface area contributed by atoms with Gasteiger partial charge in [0.25, 0.3) is 0 Å². The second-order valence-electron chi connectivity index (χ2n) is 4.45. The highest BCUT2D eigenvalue weighted by atomic mass is 16.1. The molecule has 15 heavy (non-hydrogen) atoms. The quantitative estimate of drug-likeness (QED) is 0.762. The fraction of sp³-hybridized carbons (Fsp3) is 0.462. The van der Waals surface area contributed by atoms with E-state index >= 15 is 0 Å². The molecule has 2 nitrogen and oxygen atoms in total. The molecule has 1 saturated heterocycles. The van der Waals surface area contributed by atoms with E-state index in [-0.39, 0.29) is 5.78 Å². The molecule has 0 bridgehead atoms. The van der Waals surface area contributed by atoms with Gasteiger partial charge < -0.3 is 5.32 Å². The molecule has 2 rings (SSSR count). The minimum absolute atomic E-state index is 0.282. The van der Waals surface area contributed by atoms with Gasteiger partial charge in [0.15, 0.2) is 5.78 Å². The molecule has 0 unspecified atom stereocenters. The summed E-state index contributed by atoms with van der Waals surface area (Å²) in [5, 5.41) is 3.19. The number of hydrogen-bond acceptors (Lipinski definition) is 2. The summed E-state index contributed by atoms with van der Waals surface area (Å²) in [6, 6.07) is 5.97. The van der Waals surface area contributed by atoms with Crippen LogP contribution in [0.25, 0.3) is 0 Å². The molecule has 2 heteroatoms. The Morgan fingerprint density at radius 2 is 2.07 bits per heavy atom. The Labute approximate surface area is 90.7 Å². The molecule has 0 atom stereocenters. The number of hydrogen-bond donors (Lipinski definition) is 1. The summed E-state index contributed by atoms with van der Waals surface area (Å²) in [6.07, 6.45) is 0.690. The van der Waals surface area contributed by atoms with E-state index < -0.39 is 0 Å². The lowest BCUT2D eigenvalue weighted by molar-refractivity contribution is 0.0945. The van der Waals surface area contributed by atoms with Crippen LogP contribution in [0.4, 0.5) is 0 Å². The van der Waals surface area contributed by atoms with Gasteiger partial charge in [-0.15, -0.1) is 0 Å². The van der Waals surface area contributed by atoms with E-state index in [0.717, 1.165) is 18.7 Å². The van der Waals surface area contributed by atoms with E-state index in [0.29, 0.717) is 12.3 Å². The molecule has 0 aliphatic carbocycles. The highest BCUT2D eigenvalue weighted by molar-refractivity contribution is 5.96. The molecular formula is C13H17NO. The van der Waals surface area contributed by atoms with Gasteiger partial charge in [-0.25, -0.2) is 0 Å². The van der Waals surface area contributed by atoms with Crippen LogP contribution in [0.2, 0.25) is 0 Å². The average Bonchev–Trinajstić information content (AvgIpc) is 2.15. The SMILES string of the molecule is Cc1ccc(C(=O)CC2CNC2)cc1C. The van der Waals surface area contributed by atoms with Crippen LogP contribution < -0.4 is 5.32 Å². The summed E-state index contributed by atoms with van der Waals surface area (Å²) >= 11 is 0. The van der Waals surface area contributed by atoms with Gasteiger partial charge in [0.2, 0.25) is 0 Å². The van der Waals surface area contributed by atoms with Crippen LogP contribution in [0.3, 0.4) is 0 Å². The lowest BCUT2D eigenvalue weighted by Crippen LogP contribution is -2.42. The fourth-order valence-corrected chi connectivity index (χ4v) is 1.79. The molecule has 1 heterocycles. The molecule has 1 aromatic carbocycles. The van der Waals surface area contributed by atoms with Crippen molar-refractivity contribution in [2.45, 2.75) is 20.3 Å². The molecule has 80 valence electrons. The number of carbonyl (C=O) groups is 1. The molecular weight excluding hydrogens is 186 g/mol. The first kappa shape index (κ1) is 10.4. The Balaban J connectivity index is 2.07. The van der Waals surface area contributed by atoms with E-state index in [2.05, 4.69) is 19.2 Å². The molecule has 1 aliphatic heterocycles. The number of ketones is 1. The number of benzene rings is 1. The lowest BCUT2D eigenvalue weighted by Gasteiger charge is -2.26. The van der Waals surface area contributed by atoms with Crippen molar-refractivity contribution >= 4 is 5.78 Å². The van der Waals surface area contributed by atoms with Gasteiger partial charge in [-0.05, 0) is 50.0 Å². The van der Waals surface area contributed by atoms with Gasteiger partial charge in [-0.2, -0.15) is 0 Å². The standard InChI is InChI=1S/C13H17NO/c1-9-3-4-12(5-10(9)2)13(15)6-11-7-14-8-11/h3-5,11,14H,6-8H2,1-2H3. The van der Waals surface area contributed by atoms with E-state index in [1.54, 1.807) is 0 Å². The maximum Gasteiger partial charge on any atom is 0.163 e. The summed E-state index contributed by atoms with van der Waals surface area (Å²) in [4.78, 5) is 11.9. The fourth-order valence-electron chi connectivity index (χ4n) is 1.79. The second-order valence-corrected chi connectivity index (χ2v) is 4.45. The maximum absolute atomic E-state index is 11.9. The number of rotatable bonds is 3. The molecule has 1 aliphatic rings. The van der Waals surface area contributed by atoms with Crippen molar-refractivity contribution in [2.75, 3.05) is 13.1 Å². The minimum Gasteiger partial charge on any atom is -0.316 e. The van der Waals surface area contributed by atoms with Gasteiger partial charge in [0.1, 0.15) is 0 Å². The Kier molecular flexibility index (Phi) is 2.87. The van der Waals surface area contributed by atoms with Gasteiger partial charge in [-0.3, -0.25) is 4.79 Å². The van der Waals surface area contributed by atoms with Crippen molar-refractivity contribution in [3.05, 3.63) is 34.9 Å². The zero-order valence-corrected chi connectivity index (χ0v) is 9.34. The Morgan fingerprint density at radius 1 is 1.33 bits per heavy atom. The third-order valence-corrected chi connectivity index (χ3v) is 3.17. The van der Waals surface area contributed by atoms with Crippen molar-refractivity contribution in [2.24, 2.45) is 5.92 Å². The van der Waals surface area contributed by atoms with Crippen LogP contribution >= 0.6 is 0 Å². The van der Waals surface area contributed by atoms with Crippen molar-refractivity contribution in [3.8, 4) is 0 Å². The van der Waals surface area contributed by atoms with Crippen molar-refractivity contribution < 1.29 is 4.79 Å². The zero-order chi connectivity index (χ0) is 10.8. The second kappa shape index (κ2) is 4.15.